The number of piperidine rings is 1. The number of carbonyl (C=O) groups is 1. The summed E-state index contributed by atoms with van der Waals surface area (Å²) in [5.41, 5.74) is -0.566. The normalized spacial score (nSPS) is 28.8. The molecule has 0 amide bonds. The van der Waals surface area contributed by atoms with Gasteiger partial charge in [0.25, 0.3) is 0 Å². The Morgan fingerprint density at radius 2 is 1.94 bits per heavy atom. The molecule has 0 aromatic heterocycles. The van der Waals surface area contributed by atoms with E-state index in [1.165, 1.54) is 19.3 Å². The summed E-state index contributed by atoms with van der Waals surface area (Å²) < 4.78 is 0. The maximum absolute atomic E-state index is 11.8. The van der Waals surface area contributed by atoms with Gasteiger partial charge in [-0.05, 0) is 38.0 Å². The van der Waals surface area contributed by atoms with E-state index in [0.29, 0.717) is 6.04 Å². The van der Waals surface area contributed by atoms with Crippen molar-refractivity contribution in [1.82, 2.24) is 4.90 Å². The molecule has 2 aliphatic rings. The smallest absolute Gasteiger partial charge is 0.324 e. The van der Waals surface area contributed by atoms with Crippen LogP contribution in [0.25, 0.3) is 0 Å². The summed E-state index contributed by atoms with van der Waals surface area (Å²) in [5, 5.41) is 9.73. The second-order valence-electron chi connectivity index (χ2n) is 5.82. The Morgan fingerprint density at radius 3 is 2.29 bits per heavy atom. The van der Waals surface area contributed by atoms with Gasteiger partial charge in [0.15, 0.2) is 0 Å². The summed E-state index contributed by atoms with van der Waals surface area (Å²) in [6.45, 7) is 5.22. The van der Waals surface area contributed by atoms with Gasteiger partial charge < -0.3 is 5.11 Å². The minimum absolute atomic E-state index is 0.550. The maximum Gasteiger partial charge on any atom is 0.324 e. The molecule has 1 heterocycles. The van der Waals surface area contributed by atoms with Gasteiger partial charge in [-0.15, -0.1) is 0 Å². The van der Waals surface area contributed by atoms with Gasteiger partial charge in [-0.3, -0.25) is 9.69 Å². The second-order valence-corrected chi connectivity index (χ2v) is 5.82. The van der Waals surface area contributed by atoms with Crippen molar-refractivity contribution >= 4 is 5.97 Å². The van der Waals surface area contributed by atoms with Crippen LogP contribution in [0.15, 0.2) is 0 Å². The van der Waals surface area contributed by atoms with E-state index in [1.807, 2.05) is 0 Å². The van der Waals surface area contributed by atoms with Crippen molar-refractivity contribution < 1.29 is 9.90 Å². The SMILES string of the molecule is CCCC(CCC)(C(=O)O)N1CC2CCC1C2. The van der Waals surface area contributed by atoms with Gasteiger partial charge >= 0.3 is 5.97 Å². The average Bonchev–Trinajstić information content (AvgIpc) is 2.90. The fourth-order valence-corrected chi connectivity index (χ4v) is 4.03. The molecule has 0 radical (unpaired) electrons. The minimum atomic E-state index is -0.589. The van der Waals surface area contributed by atoms with Gasteiger partial charge in [0.05, 0.1) is 0 Å². The summed E-state index contributed by atoms with van der Waals surface area (Å²) in [4.78, 5) is 14.2. The number of rotatable bonds is 6. The third-order valence-corrected chi connectivity index (χ3v) is 4.68. The Hall–Kier alpha value is -0.570. The summed E-state index contributed by atoms with van der Waals surface area (Å²) >= 11 is 0. The van der Waals surface area contributed by atoms with E-state index in [1.54, 1.807) is 0 Å². The Labute approximate surface area is 104 Å². The van der Waals surface area contributed by atoms with Crippen LogP contribution in [0.5, 0.6) is 0 Å². The quantitative estimate of drug-likeness (QED) is 0.774. The molecule has 2 unspecified atom stereocenters. The van der Waals surface area contributed by atoms with Crippen LogP contribution in [-0.2, 0) is 4.79 Å². The predicted molar refractivity (Wildman–Crippen MR) is 68.0 cm³/mol. The fraction of sp³-hybridized carbons (Fsp3) is 0.929. The molecule has 1 saturated carbocycles. The first-order chi connectivity index (χ1) is 8.14. The zero-order valence-corrected chi connectivity index (χ0v) is 11.1. The third kappa shape index (κ3) is 2.10. The summed E-state index contributed by atoms with van der Waals surface area (Å²) in [5.74, 6) is 0.182. The second kappa shape index (κ2) is 4.97. The molecule has 98 valence electrons. The van der Waals surface area contributed by atoms with E-state index in [2.05, 4.69) is 18.7 Å². The lowest BCUT2D eigenvalue weighted by Gasteiger charge is -2.43. The topological polar surface area (TPSA) is 40.5 Å². The molecule has 1 saturated heterocycles. The Bertz CT molecular complexity index is 284. The van der Waals surface area contributed by atoms with E-state index in [4.69, 9.17) is 0 Å². The molecule has 1 N–H and O–H groups in total. The molecule has 1 aliphatic heterocycles. The molecule has 2 atom stereocenters. The lowest BCUT2D eigenvalue weighted by atomic mass is 9.85. The highest BCUT2D eigenvalue weighted by molar-refractivity contribution is 5.79. The zero-order valence-electron chi connectivity index (χ0n) is 11.1. The Morgan fingerprint density at radius 1 is 1.29 bits per heavy atom. The van der Waals surface area contributed by atoms with E-state index in [0.717, 1.165) is 38.1 Å². The lowest BCUT2D eigenvalue weighted by molar-refractivity contribution is -0.154. The van der Waals surface area contributed by atoms with Crippen molar-refractivity contribution in [1.29, 1.82) is 0 Å². The molecule has 0 spiro atoms. The van der Waals surface area contributed by atoms with Gasteiger partial charge in [-0.2, -0.15) is 0 Å². The fourth-order valence-electron chi connectivity index (χ4n) is 4.03. The van der Waals surface area contributed by atoms with Crippen molar-refractivity contribution in [3.8, 4) is 0 Å². The number of fused-ring (bicyclic) bond motifs is 2. The highest BCUT2D eigenvalue weighted by Gasteiger charge is 2.51. The van der Waals surface area contributed by atoms with Gasteiger partial charge in [0.2, 0.25) is 0 Å². The predicted octanol–water partition coefficient (Wildman–Crippen LogP) is 2.89. The van der Waals surface area contributed by atoms with Crippen molar-refractivity contribution in [3.05, 3.63) is 0 Å². The van der Waals surface area contributed by atoms with Crippen LogP contribution in [-0.4, -0.2) is 34.1 Å². The maximum atomic E-state index is 11.8. The first-order valence-corrected chi connectivity index (χ1v) is 7.14. The minimum Gasteiger partial charge on any atom is -0.480 e. The molecule has 2 bridgehead atoms. The van der Waals surface area contributed by atoms with Crippen LogP contribution in [0.3, 0.4) is 0 Å². The van der Waals surface area contributed by atoms with E-state index >= 15 is 0 Å². The van der Waals surface area contributed by atoms with Gasteiger partial charge in [0, 0.05) is 12.6 Å². The number of nitrogens with zero attached hydrogens (tertiary/aromatic N) is 1. The van der Waals surface area contributed by atoms with E-state index in [9.17, 15) is 9.90 Å². The first kappa shape index (κ1) is 12.9. The lowest BCUT2D eigenvalue weighted by Crippen LogP contribution is -2.57. The van der Waals surface area contributed by atoms with Gasteiger partial charge in [0.1, 0.15) is 5.54 Å². The highest BCUT2D eigenvalue weighted by Crippen LogP contribution is 2.44. The monoisotopic (exact) mass is 239 g/mol. The van der Waals surface area contributed by atoms with Crippen molar-refractivity contribution in [2.75, 3.05) is 6.54 Å². The highest BCUT2D eigenvalue weighted by atomic mass is 16.4. The van der Waals surface area contributed by atoms with Crippen molar-refractivity contribution in [2.24, 2.45) is 5.92 Å². The molecular formula is C14H25NO2. The molecule has 17 heavy (non-hydrogen) atoms. The van der Waals surface area contributed by atoms with Crippen LogP contribution in [0.1, 0.15) is 58.8 Å². The van der Waals surface area contributed by atoms with Crippen LogP contribution >= 0.6 is 0 Å². The van der Waals surface area contributed by atoms with Crippen LogP contribution in [0.2, 0.25) is 0 Å². The molecule has 0 aromatic rings. The van der Waals surface area contributed by atoms with E-state index in [-0.39, 0.29) is 0 Å². The molecular weight excluding hydrogens is 214 g/mol. The molecule has 3 heteroatoms. The molecule has 0 aromatic carbocycles. The largest absolute Gasteiger partial charge is 0.480 e. The number of likely N-dealkylation sites (tertiary alicyclic amines) is 1. The molecule has 3 nitrogen and oxygen atoms in total. The molecule has 2 fully saturated rings. The number of aliphatic carboxylic acids is 1. The number of hydrogen-bond acceptors (Lipinski definition) is 2. The summed E-state index contributed by atoms with van der Waals surface area (Å²) in [7, 11) is 0. The summed E-state index contributed by atoms with van der Waals surface area (Å²) in [6, 6.07) is 0.550. The van der Waals surface area contributed by atoms with E-state index < -0.39 is 11.5 Å². The average molecular weight is 239 g/mol. The zero-order chi connectivity index (χ0) is 12.5. The number of carboxylic acids is 1. The van der Waals surface area contributed by atoms with Crippen molar-refractivity contribution in [2.45, 2.75) is 70.4 Å². The van der Waals surface area contributed by atoms with Crippen LogP contribution in [0, 0.1) is 5.92 Å². The molecule has 2 rings (SSSR count). The van der Waals surface area contributed by atoms with Gasteiger partial charge in [-0.1, -0.05) is 26.7 Å². The number of hydrogen-bond donors (Lipinski definition) is 1. The Kier molecular flexibility index (Phi) is 3.76. The van der Waals surface area contributed by atoms with Crippen LogP contribution < -0.4 is 0 Å². The van der Waals surface area contributed by atoms with Crippen molar-refractivity contribution in [3.63, 3.8) is 0 Å². The summed E-state index contributed by atoms with van der Waals surface area (Å²) in [6.07, 6.45) is 7.30. The number of carboxylic acid groups (broad SMARTS) is 1. The standard InChI is InChI=1S/C14H25NO2/c1-3-7-14(8-4-2,13(16)17)15-10-11-5-6-12(15)9-11/h11-12H,3-10H2,1-2H3,(H,16,17). The van der Waals surface area contributed by atoms with Gasteiger partial charge in [-0.25, -0.2) is 0 Å². The first-order valence-electron chi connectivity index (χ1n) is 7.14. The molecule has 1 aliphatic carbocycles. The third-order valence-electron chi connectivity index (χ3n) is 4.68. The Balaban J connectivity index is 2.21. The van der Waals surface area contributed by atoms with Crippen LogP contribution in [0.4, 0.5) is 0 Å².